The first-order chi connectivity index (χ1) is 15.1. The largest absolute Gasteiger partial charge is 0.489 e. The minimum atomic E-state index is -0.477. The van der Waals surface area contributed by atoms with Gasteiger partial charge in [-0.15, -0.1) is 0 Å². The molecule has 0 unspecified atom stereocenters. The topological polar surface area (TPSA) is 90.7 Å². The predicted octanol–water partition coefficient (Wildman–Crippen LogP) is 5.19. The fourth-order valence-corrected chi connectivity index (χ4v) is 2.78. The summed E-state index contributed by atoms with van der Waals surface area (Å²) >= 11 is 0. The van der Waals surface area contributed by atoms with Gasteiger partial charge in [0.15, 0.2) is 0 Å². The Bertz CT molecular complexity index is 1050. The van der Waals surface area contributed by atoms with E-state index in [0.717, 1.165) is 5.56 Å². The minimum absolute atomic E-state index is 0.00811. The zero-order chi connectivity index (χ0) is 22.1. The fourth-order valence-electron chi connectivity index (χ4n) is 2.78. The molecular weight excluding hydrogens is 396 g/mol. The van der Waals surface area contributed by atoms with Crippen LogP contribution in [0.15, 0.2) is 85.1 Å². The summed E-state index contributed by atoms with van der Waals surface area (Å²) in [7, 11) is 0. The lowest BCUT2D eigenvalue weighted by Crippen LogP contribution is -2.08. The predicted molar refractivity (Wildman–Crippen MR) is 119 cm³/mol. The summed E-state index contributed by atoms with van der Waals surface area (Å²) in [6, 6.07) is 22.9. The number of esters is 1. The summed E-state index contributed by atoms with van der Waals surface area (Å²) in [5, 5.41) is 13.8. The molecule has 0 bridgehead atoms. The maximum atomic E-state index is 12.5. The molecule has 0 aliphatic carbocycles. The molecule has 0 saturated heterocycles. The Morgan fingerprint density at radius 2 is 1.68 bits per heavy atom. The van der Waals surface area contributed by atoms with E-state index in [0.29, 0.717) is 29.2 Å². The highest BCUT2D eigenvalue weighted by molar-refractivity contribution is 6.16. The van der Waals surface area contributed by atoms with Crippen molar-refractivity contribution in [3.05, 3.63) is 106 Å². The van der Waals surface area contributed by atoms with Crippen LogP contribution in [0.3, 0.4) is 0 Å². The van der Waals surface area contributed by atoms with Crippen molar-refractivity contribution in [1.29, 1.82) is 0 Å². The van der Waals surface area contributed by atoms with Crippen LogP contribution in [-0.2, 0) is 16.1 Å². The van der Waals surface area contributed by atoms with Crippen molar-refractivity contribution in [3.63, 3.8) is 0 Å². The number of ether oxygens (including phenoxy) is 2. The Morgan fingerprint density at radius 3 is 2.29 bits per heavy atom. The maximum absolute atomic E-state index is 12.5. The van der Waals surface area contributed by atoms with Gasteiger partial charge in [-0.1, -0.05) is 42.5 Å². The zero-order valence-electron chi connectivity index (χ0n) is 17.0. The minimum Gasteiger partial charge on any atom is -0.489 e. The van der Waals surface area contributed by atoms with Crippen LogP contribution in [0.4, 0.5) is 11.4 Å². The lowest BCUT2D eigenvalue weighted by atomic mass is 10.1. The van der Waals surface area contributed by atoms with Crippen LogP contribution in [0.1, 0.15) is 18.1 Å². The molecule has 0 saturated carbocycles. The number of nitro groups is 1. The number of non-ortho nitro benzene ring substituents is 1. The highest BCUT2D eigenvalue weighted by atomic mass is 16.6. The molecule has 0 aromatic heterocycles. The van der Waals surface area contributed by atoms with Crippen molar-refractivity contribution < 1.29 is 19.2 Å². The standard InChI is InChI=1S/C24H22N2O5/c1-2-30-24(27)23(16-25-20-10-12-21(13-11-20)26(28)29)19-8-14-22(15-9-19)31-17-18-6-4-3-5-7-18/h3-16,25H,2,17H2,1H3/b23-16+. The molecule has 31 heavy (non-hydrogen) atoms. The molecule has 3 aromatic carbocycles. The molecule has 0 amide bonds. The summed E-state index contributed by atoms with van der Waals surface area (Å²) in [5.74, 6) is 0.203. The summed E-state index contributed by atoms with van der Waals surface area (Å²) in [4.78, 5) is 22.8. The molecule has 3 aromatic rings. The van der Waals surface area contributed by atoms with E-state index in [4.69, 9.17) is 9.47 Å². The van der Waals surface area contributed by atoms with E-state index in [1.165, 1.54) is 18.3 Å². The quantitative estimate of drug-likeness (QED) is 0.223. The van der Waals surface area contributed by atoms with Crippen LogP contribution >= 0.6 is 0 Å². The Balaban J connectivity index is 1.74. The van der Waals surface area contributed by atoms with Crippen molar-refractivity contribution in [3.8, 4) is 5.75 Å². The van der Waals surface area contributed by atoms with E-state index in [2.05, 4.69) is 5.32 Å². The van der Waals surface area contributed by atoms with Gasteiger partial charge in [0.1, 0.15) is 12.4 Å². The van der Waals surface area contributed by atoms with E-state index >= 15 is 0 Å². The van der Waals surface area contributed by atoms with E-state index < -0.39 is 10.9 Å². The van der Waals surface area contributed by atoms with Gasteiger partial charge in [-0.25, -0.2) is 4.79 Å². The number of hydrogen-bond donors (Lipinski definition) is 1. The van der Waals surface area contributed by atoms with Gasteiger partial charge in [0.2, 0.25) is 0 Å². The monoisotopic (exact) mass is 418 g/mol. The van der Waals surface area contributed by atoms with Crippen molar-refractivity contribution in [2.75, 3.05) is 11.9 Å². The first-order valence-corrected chi connectivity index (χ1v) is 9.72. The molecule has 0 aliphatic heterocycles. The molecular formula is C24H22N2O5. The number of carbonyl (C=O) groups excluding carboxylic acids is 1. The van der Waals surface area contributed by atoms with Crippen LogP contribution in [0, 0.1) is 10.1 Å². The van der Waals surface area contributed by atoms with Crippen molar-refractivity contribution >= 4 is 22.9 Å². The molecule has 0 heterocycles. The van der Waals surface area contributed by atoms with Crippen LogP contribution in [-0.4, -0.2) is 17.5 Å². The average molecular weight is 418 g/mol. The molecule has 3 rings (SSSR count). The molecule has 0 atom stereocenters. The Kier molecular flexibility index (Phi) is 7.37. The number of hydrogen-bond acceptors (Lipinski definition) is 6. The van der Waals surface area contributed by atoms with Gasteiger partial charge in [-0.05, 0) is 42.3 Å². The SMILES string of the molecule is CCOC(=O)/C(=C/Nc1ccc([N+](=O)[O-])cc1)c1ccc(OCc2ccccc2)cc1. The van der Waals surface area contributed by atoms with Crippen LogP contribution in [0.5, 0.6) is 5.75 Å². The van der Waals surface area contributed by atoms with Crippen molar-refractivity contribution in [1.82, 2.24) is 0 Å². The van der Waals surface area contributed by atoms with Gasteiger partial charge in [0, 0.05) is 24.0 Å². The zero-order valence-corrected chi connectivity index (χ0v) is 17.0. The van der Waals surface area contributed by atoms with Gasteiger partial charge in [-0.2, -0.15) is 0 Å². The van der Waals surface area contributed by atoms with Crippen LogP contribution in [0.2, 0.25) is 0 Å². The van der Waals surface area contributed by atoms with Crippen LogP contribution < -0.4 is 10.1 Å². The molecule has 0 fully saturated rings. The highest BCUT2D eigenvalue weighted by Gasteiger charge is 2.14. The molecule has 0 spiro atoms. The number of nitrogens with zero attached hydrogens (tertiary/aromatic N) is 1. The molecule has 0 aliphatic rings. The van der Waals surface area contributed by atoms with Crippen molar-refractivity contribution in [2.45, 2.75) is 13.5 Å². The van der Waals surface area contributed by atoms with Gasteiger partial charge >= 0.3 is 5.97 Å². The molecule has 1 N–H and O–H groups in total. The van der Waals surface area contributed by atoms with E-state index in [1.54, 1.807) is 43.3 Å². The number of rotatable bonds is 9. The molecule has 158 valence electrons. The summed E-state index contributed by atoms with van der Waals surface area (Å²) in [5.41, 5.74) is 2.64. The Morgan fingerprint density at radius 1 is 1.00 bits per heavy atom. The smallest absolute Gasteiger partial charge is 0.340 e. The lowest BCUT2D eigenvalue weighted by molar-refractivity contribution is -0.384. The summed E-state index contributed by atoms with van der Waals surface area (Å²) in [6.07, 6.45) is 1.53. The number of anilines is 1. The van der Waals surface area contributed by atoms with Gasteiger partial charge in [0.05, 0.1) is 17.1 Å². The van der Waals surface area contributed by atoms with Crippen LogP contribution in [0.25, 0.3) is 5.57 Å². The number of carbonyl (C=O) groups is 1. The van der Waals surface area contributed by atoms with Gasteiger partial charge < -0.3 is 14.8 Å². The Labute approximate surface area is 180 Å². The fraction of sp³-hybridized carbons (Fsp3) is 0.125. The number of nitrogens with one attached hydrogen (secondary N) is 1. The highest BCUT2D eigenvalue weighted by Crippen LogP contribution is 2.22. The second-order valence-corrected chi connectivity index (χ2v) is 6.53. The maximum Gasteiger partial charge on any atom is 0.340 e. The molecule has 7 nitrogen and oxygen atoms in total. The molecule has 7 heteroatoms. The average Bonchev–Trinajstić information content (AvgIpc) is 2.80. The molecule has 0 radical (unpaired) electrons. The third-order valence-electron chi connectivity index (χ3n) is 4.37. The number of nitro benzene ring substituents is 1. The van der Waals surface area contributed by atoms with E-state index in [9.17, 15) is 14.9 Å². The normalized spacial score (nSPS) is 10.9. The van der Waals surface area contributed by atoms with E-state index in [-0.39, 0.29) is 12.3 Å². The first kappa shape index (κ1) is 21.6. The third kappa shape index (κ3) is 6.17. The van der Waals surface area contributed by atoms with Gasteiger partial charge in [-0.3, -0.25) is 10.1 Å². The first-order valence-electron chi connectivity index (χ1n) is 9.72. The van der Waals surface area contributed by atoms with E-state index in [1.807, 2.05) is 30.3 Å². The van der Waals surface area contributed by atoms with Crippen molar-refractivity contribution in [2.24, 2.45) is 0 Å². The van der Waals surface area contributed by atoms with Gasteiger partial charge in [0.25, 0.3) is 5.69 Å². The Hall–Kier alpha value is -4.13. The summed E-state index contributed by atoms with van der Waals surface area (Å²) < 4.78 is 11.0. The third-order valence-corrected chi connectivity index (χ3v) is 4.37. The summed E-state index contributed by atoms with van der Waals surface area (Å²) in [6.45, 7) is 2.42. The lowest BCUT2D eigenvalue weighted by Gasteiger charge is -2.10. The second kappa shape index (κ2) is 10.6. The number of benzene rings is 3. The second-order valence-electron chi connectivity index (χ2n) is 6.53.